The monoisotopic (exact) mass is 276 g/mol. The average Bonchev–Trinajstić information content (AvgIpc) is 2.43. The van der Waals surface area contributed by atoms with Crippen LogP contribution >= 0.6 is 0 Å². The lowest BCUT2D eigenvalue weighted by Crippen LogP contribution is -2.55. The number of rotatable bonds is 7. The van der Waals surface area contributed by atoms with Gasteiger partial charge in [-0.05, 0) is 12.8 Å². The average molecular weight is 276 g/mol. The first kappa shape index (κ1) is 16.9. The van der Waals surface area contributed by atoms with Gasteiger partial charge in [0.25, 0.3) is 0 Å². The van der Waals surface area contributed by atoms with Crippen LogP contribution in [0.4, 0.5) is 0 Å². The molecule has 1 heterocycles. The van der Waals surface area contributed by atoms with E-state index < -0.39 is 24.6 Å². The van der Waals surface area contributed by atoms with Crippen LogP contribution in [0.25, 0.3) is 0 Å². The molecule has 114 valence electrons. The molecule has 0 aromatic rings. The molecule has 0 radical (unpaired) electrons. The Morgan fingerprint density at radius 3 is 2.42 bits per heavy atom. The van der Waals surface area contributed by atoms with Crippen LogP contribution in [-0.4, -0.2) is 52.6 Å². The summed E-state index contributed by atoms with van der Waals surface area (Å²) in [6, 6.07) is 0. The summed E-state index contributed by atoms with van der Waals surface area (Å²) in [5.41, 5.74) is 0. The zero-order valence-corrected chi connectivity index (χ0v) is 12.2. The maximum Gasteiger partial charge on any atom is 0.184 e. The highest BCUT2D eigenvalue weighted by Crippen LogP contribution is 2.28. The van der Waals surface area contributed by atoms with Gasteiger partial charge in [0, 0.05) is 5.92 Å². The fourth-order valence-corrected chi connectivity index (χ4v) is 2.38. The molecule has 0 aromatic carbocycles. The minimum absolute atomic E-state index is 0.0429. The highest BCUT2D eigenvalue weighted by molar-refractivity contribution is 4.86. The molecule has 19 heavy (non-hydrogen) atoms. The van der Waals surface area contributed by atoms with E-state index in [1.165, 1.54) is 0 Å². The van der Waals surface area contributed by atoms with Crippen molar-refractivity contribution in [3.8, 4) is 0 Å². The molecule has 1 aliphatic rings. The summed E-state index contributed by atoms with van der Waals surface area (Å²) in [5, 5.41) is 29.2. The molecule has 0 aromatic heterocycles. The number of unbranched alkanes of at least 4 members (excludes halogenated alkanes) is 1. The van der Waals surface area contributed by atoms with E-state index in [9.17, 15) is 15.3 Å². The van der Waals surface area contributed by atoms with Crippen LogP contribution in [0.3, 0.4) is 0 Å². The van der Waals surface area contributed by atoms with Gasteiger partial charge >= 0.3 is 0 Å². The number of aliphatic hydroxyl groups is 3. The third-order valence-corrected chi connectivity index (χ3v) is 3.89. The number of aliphatic hydroxyl groups excluding tert-OH is 3. The number of hydrogen-bond acceptors (Lipinski definition) is 5. The van der Waals surface area contributed by atoms with Gasteiger partial charge < -0.3 is 24.8 Å². The Labute approximate surface area is 115 Å². The summed E-state index contributed by atoms with van der Waals surface area (Å²) in [7, 11) is 0. The van der Waals surface area contributed by atoms with E-state index in [4.69, 9.17) is 9.47 Å². The minimum atomic E-state index is -0.867. The first-order chi connectivity index (χ1) is 9.04. The summed E-state index contributed by atoms with van der Waals surface area (Å²) in [6.07, 6.45) is 0.814. The van der Waals surface area contributed by atoms with Crippen molar-refractivity contribution in [2.24, 2.45) is 5.92 Å². The Kier molecular flexibility index (Phi) is 7.25. The molecule has 0 saturated carbocycles. The van der Waals surface area contributed by atoms with E-state index >= 15 is 0 Å². The second kappa shape index (κ2) is 8.17. The van der Waals surface area contributed by atoms with Crippen LogP contribution in [0.1, 0.15) is 46.5 Å². The van der Waals surface area contributed by atoms with Crippen molar-refractivity contribution in [3.05, 3.63) is 0 Å². The van der Waals surface area contributed by atoms with Gasteiger partial charge in [-0.2, -0.15) is 0 Å². The zero-order chi connectivity index (χ0) is 14.4. The van der Waals surface area contributed by atoms with Gasteiger partial charge in [-0.25, -0.2) is 0 Å². The van der Waals surface area contributed by atoms with Gasteiger partial charge in [0.15, 0.2) is 6.29 Å². The van der Waals surface area contributed by atoms with Gasteiger partial charge in [0.2, 0.25) is 0 Å². The molecule has 1 rings (SSSR count). The molecule has 1 fully saturated rings. The van der Waals surface area contributed by atoms with Crippen molar-refractivity contribution >= 4 is 0 Å². The summed E-state index contributed by atoms with van der Waals surface area (Å²) in [4.78, 5) is 0. The fourth-order valence-electron chi connectivity index (χ4n) is 2.38. The van der Waals surface area contributed by atoms with E-state index in [1.807, 2.05) is 6.92 Å². The van der Waals surface area contributed by atoms with Gasteiger partial charge in [-0.1, -0.05) is 33.6 Å². The van der Waals surface area contributed by atoms with Crippen LogP contribution in [-0.2, 0) is 9.47 Å². The molecule has 6 atom stereocenters. The van der Waals surface area contributed by atoms with Crippen LogP contribution in [0.5, 0.6) is 0 Å². The second-order valence-corrected chi connectivity index (χ2v) is 5.37. The Morgan fingerprint density at radius 1 is 1.21 bits per heavy atom. The molecule has 5 heteroatoms. The second-order valence-electron chi connectivity index (χ2n) is 5.37. The predicted octanol–water partition coefficient (Wildman–Crippen LogP) is 1.05. The topological polar surface area (TPSA) is 79.2 Å². The van der Waals surface area contributed by atoms with E-state index in [1.54, 1.807) is 6.92 Å². The van der Waals surface area contributed by atoms with Gasteiger partial charge in [0.05, 0.1) is 18.8 Å². The number of hydrogen-bond donors (Lipinski definition) is 3. The maximum atomic E-state index is 10.1. The largest absolute Gasteiger partial charge is 0.394 e. The lowest BCUT2D eigenvalue weighted by molar-refractivity contribution is -0.299. The normalized spacial score (nSPS) is 37.3. The summed E-state index contributed by atoms with van der Waals surface area (Å²) < 4.78 is 11.3. The maximum absolute atomic E-state index is 10.1. The van der Waals surface area contributed by atoms with Crippen molar-refractivity contribution in [1.82, 2.24) is 0 Å². The Balaban J connectivity index is 2.59. The van der Waals surface area contributed by atoms with E-state index in [2.05, 4.69) is 6.92 Å². The van der Waals surface area contributed by atoms with Crippen molar-refractivity contribution < 1.29 is 24.8 Å². The highest BCUT2D eigenvalue weighted by Gasteiger charge is 2.42. The van der Waals surface area contributed by atoms with Crippen LogP contribution in [0, 0.1) is 5.92 Å². The molecule has 0 amide bonds. The molecular weight excluding hydrogens is 248 g/mol. The first-order valence-corrected chi connectivity index (χ1v) is 7.33. The van der Waals surface area contributed by atoms with Crippen molar-refractivity contribution in [2.75, 3.05) is 6.61 Å². The van der Waals surface area contributed by atoms with Crippen LogP contribution in [0.2, 0.25) is 0 Å². The smallest absolute Gasteiger partial charge is 0.184 e. The molecule has 0 bridgehead atoms. The molecule has 1 saturated heterocycles. The number of ether oxygens (including phenoxy) is 2. The lowest BCUT2D eigenvalue weighted by atomic mass is 9.91. The van der Waals surface area contributed by atoms with Crippen molar-refractivity contribution in [2.45, 2.75) is 77.2 Å². The van der Waals surface area contributed by atoms with E-state index in [0.717, 1.165) is 25.7 Å². The van der Waals surface area contributed by atoms with Crippen LogP contribution < -0.4 is 0 Å². The molecule has 5 nitrogen and oxygen atoms in total. The standard InChI is InChI=1S/C14H28O5/c1-4-6-7-10(5-2)18-14-13(17)9(3)12(16)11(8-15)19-14/h9-17H,4-8H2,1-3H3. The van der Waals surface area contributed by atoms with Gasteiger partial charge in [-0.15, -0.1) is 0 Å². The SMILES string of the molecule is CCCCC(CC)OC1OC(CO)C(O)C(C)C1O. The molecule has 0 aliphatic carbocycles. The predicted molar refractivity (Wildman–Crippen MR) is 71.6 cm³/mol. The third-order valence-electron chi connectivity index (χ3n) is 3.89. The van der Waals surface area contributed by atoms with E-state index in [-0.39, 0.29) is 18.6 Å². The van der Waals surface area contributed by atoms with Crippen molar-refractivity contribution in [1.29, 1.82) is 0 Å². The highest BCUT2D eigenvalue weighted by atomic mass is 16.7. The molecule has 3 N–H and O–H groups in total. The summed E-state index contributed by atoms with van der Waals surface area (Å²) >= 11 is 0. The van der Waals surface area contributed by atoms with Crippen molar-refractivity contribution in [3.63, 3.8) is 0 Å². The van der Waals surface area contributed by atoms with Gasteiger partial charge in [-0.3, -0.25) is 0 Å². The minimum Gasteiger partial charge on any atom is -0.394 e. The molecule has 1 aliphatic heterocycles. The van der Waals surface area contributed by atoms with Gasteiger partial charge in [0.1, 0.15) is 12.2 Å². The Morgan fingerprint density at radius 2 is 1.89 bits per heavy atom. The first-order valence-electron chi connectivity index (χ1n) is 7.33. The molecule has 6 unspecified atom stereocenters. The Bertz CT molecular complexity index is 246. The fraction of sp³-hybridized carbons (Fsp3) is 1.00. The van der Waals surface area contributed by atoms with Crippen LogP contribution in [0.15, 0.2) is 0 Å². The Hall–Kier alpha value is -0.200. The van der Waals surface area contributed by atoms with E-state index in [0.29, 0.717) is 0 Å². The molecule has 0 spiro atoms. The summed E-state index contributed by atoms with van der Waals surface area (Å²) in [6.45, 7) is 5.63. The quantitative estimate of drug-likeness (QED) is 0.647. The lowest BCUT2D eigenvalue weighted by Gasteiger charge is -2.41. The molecular formula is C14H28O5. The summed E-state index contributed by atoms with van der Waals surface area (Å²) in [5.74, 6) is -0.375. The third kappa shape index (κ3) is 4.39. The zero-order valence-electron chi connectivity index (χ0n) is 12.2.